The molecule has 1 aliphatic carbocycles. The van der Waals surface area contributed by atoms with Crippen molar-refractivity contribution in [3.05, 3.63) is 52.0 Å². The molecular weight excluding hydrogens is 448 g/mol. The fourth-order valence-corrected chi connectivity index (χ4v) is 4.94. The summed E-state index contributed by atoms with van der Waals surface area (Å²) >= 11 is 3.52. The minimum atomic E-state index is -0.494. The van der Waals surface area contributed by atoms with Crippen molar-refractivity contribution in [3.8, 4) is 11.5 Å². The summed E-state index contributed by atoms with van der Waals surface area (Å²) in [7, 11) is 0. The molecular formula is C23H23BrN2O4. The lowest BCUT2D eigenvalue weighted by atomic mass is 9.88. The van der Waals surface area contributed by atoms with Gasteiger partial charge in [0.05, 0.1) is 6.54 Å². The van der Waals surface area contributed by atoms with Gasteiger partial charge in [0.2, 0.25) is 12.1 Å². The van der Waals surface area contributed by atoms with Gasteiger partial charge in [-0.15, -0.1) is 0 Å². The Morgan fingerprint density at radius 2 is 1.93 bits per heavy atom. The average molecular weight is 471 g/mol. The van der Waals surface area contributed by atoms with E-state index in [9.17, 15) is 9.59 Å². The predicted octanol–water partition coefficient (Wildman–Crippen LogP) is 4.72. The third kappa shape index (κ3) is 3.55. The standard InChI is InChI=1S/C23H23BrN2O4/c24-18-8-4-7-16-17(18)12-26(23(16)28)21-13-29-20-11-15(9-10-19(20)30-21)25-22(27)14-5-2-1-3-6-14/h4,7-11,14,21H,1-3,5-6,12-13H2,(H,25,27). The average Bonchev–Trinajstić information content (AvgIpc) is 3.12. The molecule has 1 saturated carbocycles. The molecule has 0 spiro atoms. The van der Waals surface area contributed by atoms with Gasteiger partial charge < -0.3 is 14.8 Å². The van der Waals surface area contributed by atoms with Crippen LogP contribution in [-0.2, 0) is 11.3 Å². The zero-order chi connectivity index (χ0) is 20.7. The van der Waals surface area contributed by atoms with Crippen LogP contribution < -0.4 is 14.8 Å². The molecule has 0 radical (unpaired) electrons. The Bertz CT molecular complexity index is 1000. The van der Waals surface area contributed by atoms with Gasteiger partial charge in [0.25, 0.3) is 5.91 Å². The van der Waals surface area contributed by atoms with Crippen LogP contribution in [0.2, 0.25) is 0 Å². The van der Waals surface area contributed by atoms with Gasteiger partial charge in [-0.3, -0.25) is 14.5 Å². The van der Waals surface area contributed by atoms with Gasteiger partial charge >= 0.3 is 0 Å². The highest BCUT2D eigenvalue weighted by molar-refractivity contribution is 9.10. The number of hydrogen-bond acceptors (Lipinski definition) is 4. The minimum Gasteiger partial charge on any atom is -0.484 e. The van der Waals surface area contributed by atoms with Crippen LogP contribution in [0.25, 0.3) is 0 Å². The molecule has 1 unspecified atom stereocenters. The van der Waals surface area contributed by atoms with Crippen LogP contribution in [-0.4, -0.2) is 29.5 Å². The second-order valence-corrected chi connectivity index (χ2v) is 8.92. The smallest absolute Gasteiger partial charge is 0.257 e. The van der Waals surface area contributed by atoms with E-state index in [-0.39, 0.29) is 24.3 Å². The predicted molar refractivity (Wildman–Crippen MR) is 116 cm³/mol. The number of halogens is 1. The van der Waals surface area contributed by atoms with E-state index in [1.807, 2.05) is 24.3 Å². The first-order chi connectivity index (χ1) is 14.6. The van der Waals surface area contributed by atoms with E-state index in [1.54, 1.807) is 17.0 Å². The zero-order valence-electron chi connectivity index (χ0n) is 16.5. The minimum absolute atomic E-state index is 0.0558. The van der Waals surface area contributed by atoms with Crippen LogP contribution in [0.15, 0.2) is 40.9 Å². The Morgan fingerprint density at radius 1 is 1.10 bits per heavy atom. The number of benzene rings is 2. The first-order valence-electron chi connectivity index (χ1n) is 10.4. The Balaban J connectivity index is 1.27. The molecule has 0 saturated heterocycles. The molecule has 1 atom stereocenters. The lowest BCUT2D eigenvalue weighted by Gasteiger charge is -2.32. The van der Waals surface area contributed by atoms with Crippen LogP contribution in [0.5, 0.6) is 11.5 Å². The lowest BCUT2D eigenvalue weighted by molar-refractivity contribution is -0.120. The second kappa shape index (κ2) is 7.95. The van der Waals surface area contributed by atoms with Crippen LogP contribution >= 0.6 is 15.9 Å². The van der Waals surface area contributed by atoms with Gasteiger partial charge in [-0.25, -0.2) is 0 Å². The SMILES string of the molecule is O=C(Nc1ccc2c(c1)OCC(N1Cc3c(Br)cccc3C1=O)O2)C1CCCCC1. The van der Waals surface area contributed by atoms with Gasteiger partial charge in [-0.05, 0) is 42.7 Å². The number of carbonyl (C=O) groups excluding carboxylic acids is 2. The normalized spacial score (nSPS) is 20.8. The summed E-state index contributed by atoms with van der Waals surface area (Å²) in [6.45, 7) is 0.721. The van der Waals surface area contributed by atoms with Crippen molar-refractivity contribution < 1.29 is 19.1 Å². The Labute approximate surface area is 183 Å². The van der Waals surface area contributed by atoms with Crippen LogP contribution in [0, 0.1) is 5.92 Å². The summed E-state index contributed by atoms with van der Waals surface area (Å²) in [4.78, 5) is 27.0. The molecule has 1 N–H and O–H groups in total. The number of fused-ring (bicyclic) bond motifs is 2. The molecule has 30 heavy (non-hydrogen) atoms. The van der Waals surface area contributed by atoms with E-state index in [0.29, 0.717) is 29.3 Å². The summed E-state index contributed by atoms with van der Waals surface area (Å²) in [5.41, 5.74) is 2.37. The van der Waals surface area contributed by atoms with Gasteiger partial charge in [0.15, 0.2) is 11.5 Å². The number of nitrogens with one attached hydrogen (secondary N) is 1. The molecule has 2 aliphatic heterocycles. The first kappa shape index (κ1) is 19.4. The summed E-state index contributed by atoms with van der Waals surface area (Å²) in [6, 6.07) is 11.0. The molecule has 2 aromatic rings. The Hall–Kier alpha value is -2.54. The monoisotopic (exact) mass is 470 g/mol. The van der Waals surface area contributed by atoms with E-state index < -0.39 is 6.23 Å². The highest BCUT2D eigenvalue weighted by Gasteiger charge is 2.37. The van der Waals surface area contributed by atoms with Crippen molar-refractivity contribution in [1.29, 1.82) is 0 Å². The number of anilines is 1. The summed E-state index contributed by atoms with van der Waals surface area (Å²) in [6.07, 6.45) is 4.89. The van der Waals surface area contributed by atoms with E-state index in [2.05, 4.69) is 21.2 Å². The number of hydrogen-bond donors (Lipinski definition) is 1. The number of carbonyl (C=O) groups is 2. The van der Waals surface area contributed by atoms with Crippen LogP contribution in [0.1, 0.15) is 48.0 Å². The largest absolute Gasteiger partial charge is 0.484 e. The van der Waals surface area contributed by atoms with E-state index in [1.165, 1.54) is 6.42 Å². The summed E-state index contributed by atoms with van der Waals surface area (Å²) < 4.78 is 12.9. The van der Waals surface area contributed by atoms with Gasteiger partial charge in [-0.1, -0.05) is 41.3 Å². The molecule has 3 aliphatic rings. The highest BCUT2D eigenvalue weighted by Crippen LogP contribution is 2.38. The Kier molecular flexibility index (Phi) is 5.15. The maximum absolute atomic E-state index is 12.8. The van der Waals surface area contributed by atoms with Crippen molar-refractivity contribution in [2.45, 2.75) is 44.9 Å². The van der Waals surface area contributed by atoms with Crippen molar-refractivity contribution in [2.24, 2.45) is 5.92 Å². The fourth-order valence-electron chi connectivity index (χ4n) is 4.45. The third-order valence-corrected chi connectivity index (χ3v) is 6.86. The van der Waals surface area contributed by atoms with E-state index >= 15 is 0 Å². The Morgan fingerprint density at radius 3 is 2.73 bits per heavy atom. The molecule has 0 bridgehead atoms. The molecule has 156 valence electrons. The molecule has 1 fully saturated rings. The molecule has 6 nitrogen and oxygen atoms in total. The number of rotatable bonds is 3. The van der Waals surface area contributed by atoms with Gasteiger partial charge in [0, 0.05) is 27.7 Å². The molecule has 7 heteroatoms. The second-order valence-electron chi connectivity index (χ2n) is 8.07. The van der Waals surface area contributed by atoms with Gasteiger partial charge in [0.1, 0.15) is 6.61 Å². The number of ether oxygens (including phenoxy) is 2. The summed E-state index contributed by atoms with van der Waals surface area (Å²) in [5, 5.41) is 3.01. The number of amides is 2. The number of nitrogens with zero attached hydrogens (tertiary/aromatic N) is 1. The topological polar surface area (TPSA) is 67.9 Å². The van der Waals surface area contributed by atoms with Crippen molar-refractivity contribution in [2.75, 3.05) is 11.9 Å². The maximum atomic E-state index is 12.8. The third-order valence-electron chi connectivity index (χ3n) is 6.12. The van der Waals surface area contributed by atoms with Crippen molar-refractivity contribution >= 4 is 33.4 Å². The van der Waals surface area contributed by atoms with E-state index in [0.717, 1.165) is 35.7 Å². The fraction of sp³-hybridized carbons (Fsp3) is 0.391. The van der Waals surface area contributed by atoms with Gasteiger partial charge in [-0.2, -0.15) is 0 Å². The van der Waals surface area contributed by atoms with E-state index in [4.69, 9.17) is 9.47 Å². The molecule has 0 aromatic heterocycles. The maximum Gasteiger partial charge on any atom is 0.257 e. The van der Waals surface area contributed by atoms with Crippen molar-refractivity contribution in [1.82, 2.24) is 4.90 Å². The van der Waals surface area contributed by atoms with Crippen molar-refractivity contribution in [3.63, 3.8) is 0 Å². The molecule has 2 amide bonds. The summed E-state index contributed by atoms with van der Waals surface area (Å²) in [5.74, 6) is 1.27. The molecule has 5 rings (SSSR count). The first-order valence-corrected chi connectivity index (χ1v) is 11.2. The quantitative estimate of drug-likeness (QED) is 0.704. The highest BCUT2D eigenvalue weighted by atomic mass is 79.9. The van der Waals surface area contributed by atoms with Crippen LogP contribution in [0.4, 0.5) is 5.69 Å². The zero-order valence-corrected chi connectivity index (χ0v) is 18.1. The molecule has 2 aromatic carbocycles. The molecule has 2 heterocycles. The van der Waals surface area contributed by atoms with Crippen LogP contribution in [0.3, 0.4) is 0 Å². The lowest BCUT2D eigenvalue weighted by Crippen LogP contribution is -2.45.